The second-order valence-electron chi connectivity index (χ2n) is 8.86. The summed E-state index contributed by atoms with van der Waals surface area (Å²) in [6, 6.07) is 17.1. The molecule has 1 aromatic heterocycles. The second kappa shape index (κ2) is 11.1. The van der Waals surface area contributed by atoms with E-state index in [1.165, 1.54) is 4.90 Å². The molecule has 0 radical (unpaired) electrons. The van der Waals surface area contributed by atoms with Gasteiger partial charge in [-0.1, -0.05) is 30.3 Å². The number of rotatable bonds is 9. The number of nitrogens with zero attached hydrogens (tertiary/aromatic N) is 2. The van der Waals surface area contributed by atoms with Crippen LogP contribution in [0.25, 0.3) is 11.1 Å². The Kier molecular flexibility index (Phi) is 8.42. The Morgan fingerprint density at radius 2 is 1.74 bits per heavy atom. The van der Waals surface area contributed by atoms with E-state index in [-0.39, 0.29) is 23.8 Å². The molecular weight excluding hydrogens is 532 g/mol. The van der Waals surface area contributed by atoms with Gasteiger partial charge in [0.25, 0.3) is 0 Å². The maximum atomic E-state index is 12.9. The number of sulfonamides is 1. The van der Waals surface area contributed by atoms with Gasteiger partial charge in [0.1, 0.15) is 5.82 Å². The van der Waals surface area contributed by atoms with Crippen molar-refractivity contribution < 1.29 is 18.0 Å². The summed E-state index contributed by atoms with van der Waals surface area (Å²) >= 11 is 3.29. The third-order valence-corrected chi connectivity index (χ3v) is 7.11. The van der Waals surface area contributed by atoms with E-state index in [4.69, 9.17) is 0 Å². The zero-order valence-corrected chi connectivity index (χ0v) is 22.1. The molecule has 0 aliphatic carbocycles. The molecule has 0 unspecified atom stereocenters. The fourth-order valence-corrected chi connectivity index (χ4v) is 5.23. The Bertz CT molecular complexity index is 1290. The molecule has 0 fully saturated rings. The number of carbonyl (C=O) groups is 2. The predicted octanol–water partition coefficient (Wildman–Crippen LogP) is 4.58. The molecule has 8 nitrogen and oxygen atoms in total. The molecule has 0 atom stereocenters. The standard InChI is InChI=1S/C25H27BrN4O4S/c1-25(2,3)29-35(33,34)22-7-5-4-6-21(22)18-8-11-20(12-9-18)30(17-31)15-14-24(32)28-23-13-10-19(26)16-27-23/h4-13,16-17,29H,14-15H2,1-3H3,(H,27,28,32). The molecular formula is C25H27BrN4O4S. The number of aromatic nitrogens is 1. The van der Waals surface area contributed by atoms with Gasteiger partial charge in [-0.25, -0.2) is 18.1 Å². The van der Waals surface area contributed by atoms with Gasteiger partial charge in [-0.3, -0.25) is 9.59 Å². The summed E-state index contributed by atoms with van der Waals surface area (Å²) < 4.78 is 29.4. The van der Waals surface area contributed by atoms with Gasteiger partial charge in [0.15, 0.2) is 0 Å². The average molecular weight is 559 g/mol. The second-order valence-corrected chi connectivity index (χ2v) is 11.4. The first-order valence-electron chi connectivity index (χ1n) is 10.9. The summed E-state index contributed by atoms with van der Waals surface area (Å²) in [5.74, 6) is 0.156. The lowest BCUT2D eigenvalue weighted by Crippen LogP contribution is -2.40. The average Bonchev–Trinajstić information content (AvgIpc) is 2.80. The fourth-order valence-electron chi connectivity index (χ4n) is 3.35. The van der Waals surface area contributed by atoms with Crippen LogP contribution in [0.3, 0.4) is 0 Å². The molecule has 0 aliphatic rings. The summed E-state index contributed by atoms with van der Waals surface area (Å²) in [7, 11) is -3.74. The normalized spacial score (nSPS) is 11.7. The smallest absolute Gasteiger partial charge is 0.241 e. The van der Waals surface area contributed by atoms with Crippen molar-refractivity contribution in [3.63, 3.8) is 0 Å². The van der Waals surface area contributed by atoms with Gasteiger partial charge >= 0.3 is 0 Å². The van der Waals surface area contributed by atoms with Gasteiger partial charge in [-0.05, 0) is 72.6 Å². The third-order valence-electron chi connectivity index (χ3n) is 4.83. The number of anilines is 2. The highest BCUT2D eigenvalue weighted by Crippen LogP contribution is 2.29. The highest BCUT2D eigenvalue weighted by atomic mass is 79.9. The van der Waals surface area contributed by atoms with E-state index in [0.29, 0.717) is 29.0 Å². The van der Waals surface area contributed by atoms with Crippen molar-refractivity contribution in [3.05, 3.63) is 71.3 Å². The Balaban J connectivity index is 1.73. The summed E-state index contributed by atoms with van der Waals surface area (Å²) in [5.41, 5.74) is 1.20. The van der Waals surface area contributed by atoms with E-state index in [1.54, 1.807) is 87.6 Å². The molecule has 2 amide bonds. The van der Waals surface area contributed by atoms with Crippen molar-refractivity contribution in [2.45, 2.75) is 37.6 Å². The molecule has 3 aromatic rings. The monoisotopic (exact) mass is 558 g/mol. The lowest BCUT2D eigenvalue weighted by Gasteiger charge is -2.22. The molecule has 0 spiro atoms. The number of halogens is 1. The number of benzene rings is 2. The number of pyridine rings is 1. The minimum Gasteiger partial charge on any atom is -0.314 e. The van der Waals surface area contributed by atoms with Crippen molar-refractivity contribution >= 4 is 49.8 Å². The molecule has 2 aromatic carbocycles. The lowest BCUT2D eigenvalue weighted by molar-refractivity contribution is -0.116. The summed E-state index contributed by atoms with van der Waals surface area (Å²) in [6.07, 6.45) is 2.32. The zero-order valence-electron chi connectivity index (χ0n) is 19.7. The molecule has 1 heterocycles. The molecule has 2 N–H and O–H groups in total. The number of hydrogen-bond donors (Lipinski definition) is 2. The van der Waals surface area contributed by atoms with Crippen molar-refractivity contribution in [2.24, 2.45) is 0 Å². The largest absolute Gasteiger partial charge is 0.314 e. The number of nitrogens with one attached hydrogen (secondary N) is 2. The van der Waals surface area contributed by atoms with Crippen LogP contribution in [0.15, 0.2) is 76.2 Å². The van der Waals surface area contributed by atoms with E-state index in [2.05, 4.69) is 31.0 Å². The van der Waals surface area contributed by atoms with E-state index < -0.39 is 15.6 Å². The topological polar surface area (TPSA) is 108 Å². The van der Waals surface area contributed by atoms with Crippen LogP contribution in [0.2, 0.25) is 0 Å². The van der Waals surface area contributed by atoms with Gasteiger partial charge in [0.05, 0.1) is 4.90 Å². The maximum Gasteiger partial charge on any atom is 0.241 e. The van der Waals surface area contributed by atoms with Gasteiger partial charge in [-0.15, -0.1) is 0 Å². The van der Waals surface area contributed by atoms with E-state index in [9.17, 15) is 18.0 Å². The molecule has 0 saturated carbocycles. The van der Waals surface area contributed by atoms with Gasteiger partial charge in [-0.2, -0.15) is 0 Å². The first kappa shape index (κ1) is 26.5. The van der Waals surface area contributed by atoms with Crippen molar-refractivity contribution in [2.75, 3.05) is 16.8 Å². The van der Waals surface area contributed by atoms with Crippen molar-refractivity contribution in [1.29, 1.82) is 0 Å². The van der Waals surface area contributed by atoms with Crippen LogP contribution in [-0.4, -0.2) is 37.8 Å². The highest BCUT2D eigenvalue weighted by molar-refractivity contribution is 9.10. The van der Waals surface area contributed by atoms with E-state index in [0.717, 1.165) is 4.47 Å². The van der Waals surface area contributed by atoms with Gasteiger partial charge in [0.2, 0.25) is 22.3 Å². The lowest BCUT2D eigenvalue weighted by atomic mass is 10.1. The summed E-state index contributed by atoms with van der Waals surface area (Å²) in [6.45, 7) is 5.52. The number of hydrogen-bond acceptors (Lipinski definition) is 5. The van der Waals surface area contributed by atoms with Crippen LogP contribution in [0, 0.1) is 0 Å². The molecule has 184 valence electrons. The van der Waals surface area contributed by atoms with Gasteiger partial charge in [0, 0.05) is 40.4 Å². The summed E-state index contributed by atoms with van der Waals surface area (Å²) in [4.78, 5) is 29.6. The number of amides is 2. The van der Waals surface area contributed by atoms with Crippen LogP contribution in [0.4, 0.5) is 11.5 Å². The predicted molar refractivity (Wildman–Crippen MR) is 141 cm³/mol. The molecule has 10 heteroatoms. The maximum absolute atomic E-state index is 12.9. The minimum absolute atomic E-state index is 0.0811. The van der Waals surface area contributed by atoms with E-state index >= 15 is 0 Å². The van der Waals surface area contributed by atoms with Crippen LogP contribution in [0.1, 0.15) is 27.2 Å². The van der Waals surface area contributed by atoms with Crippen LogP contribution in [-0.2, 0) is 19.6 Å². The molecule has 3 rings (SSSR count). The van der Waals surface area contributed by atoms with E-state index in [1.807, 2.05) is 0 Å². The SMILES string of the molecule is CC(C)(C)NS(=O)(=O)c1ccccc1-c1ccc(N(C=O)CCC(=O)Nc2ccc(Br)cn2)cc1. The minimum atomic E-state index is -3.74. The Morgan fingerprint density at radius 3 is 2.34 bits per heavy atom. The molecule has 0 aliphatic heterocycles. The summed E-state index contributed by atoms with van der Waals surface area (Å²) in [5, 5.41) is 2.69. The van der Waals surface area contributed by atoms with Crippen LogP contribution in [0.5, 0.6) is 0 Å². The molecule has 0 saturated heterocycles. The zero-order chi connectivity index (χ0) is 25.6. The van der Waals surface area contributed by atoms with Crippen molar-refractivity contribution in [1.82, 2.24) is 9.71 Å². The molecule has 35 heavy (non-hydrogen) atoms. The van der Waals surface area contributed by atoms with Crippen LogP contribution < -0.4 is 14.9 Å². The first-order valence-corrected chi connectivity index (χ1v) is 13.1. The first-order chi connectivity index (χ1) is 16.5. The fraction of sp³-hybridized carbons (Fsp3) is 0.240. The quantitative estimate of drug-likeness (QED) is 0.373. The third kappa shape index (κ3) is 7.45. The van der Waals surface area contributed by atoms with Crippen molar-refractivity contribution in [3.8, 4) is 11.1 Å². The Hall–Kier alpha value is -3.08. The van der Waals surface area contributed by atoms with Gasteiger partial charge < -0.3 is 10.2 Å². The Morgan fingerprint density at radius 1 is 1.06 bits per heavy atom. The number of carbonyl (C=O) groups excluding carboxylic acids is 2. The Labute approximate surface area is 213 Å². The highest BCUT2D eigenvalue weighted by Gasteiger charge is 2.24. The molecule has 0 bridgehead atoms. The van der Waals surface area contributed by atoms with Crippen LogP contribution >= 0.6 is 15.9 Å².